The quantitative estimate of drug-likeness (QED) is 0.759. The van der Waals surface area contributed by atoms with Gasteiger partial charge in [-0.3, -0.25) is 9.69 Å². The molecule has 1 amide bonds. The van der Waals surface area contributed by atoms with E-state index in [-0.39, 0.29) is 11.9 Å². The molecule has 5 heteroatoms. The van der Waals surface area contributed by atoms with Crippen molar-refractivity contribution in [3.05, 3.63) is 30.3 Å². The summed E-state index contributed by atoms with van der Waals surface area (Å²) in [5, 5.41) is 3.10. The normalized spacial score (nSPS) is 23.2. The first-order valence-electron chi connectivity index (χ1n) is 10.00. The average molecular weight is 360 g/mol. The Morgan fingerprint density at radius 2 is 2.00 bits per heavy atom. The SMILES string of the molecule is CCCN1CC2(CCN(C)CC2)C[C@H]1C(=O)NCCOc1ccccc1. The van der Waals surface area contributed by atoms with Crippen molar-refractivity contribution in [1.29, 1.82) is 0 Å². The van der Waals surface area contributed by atoms with Crippen molar-refractivity contribution in [3.63, 3.8) is 0 Å². The van der Waals surface area contributed by atoms with Crippen LogP contribution in [0.15, 0.2) is 30.3 Å². The second kappa shape index (κ2) is 8.87. The Morgan fingerprint density at radius 3 is 2.69 bits per heavy atom. The van der Waals surface area contributed by atoms with Gasteiger partial charge in [-0.05, 0) is 69.9 Å². The van der Waals surface area contributed by atoms with Gasteiger partial charge in [0, 0.05) is 6.54 Å². The van der Waals surface area contributed by atoms with Crippen LogP contribution in [0.1, 0.15) is 32.6 Å². The zero-order valence-electron chi connectivity index (χ0n) is 16.2. The number of benzene rings is 1. The van der Waals surface area contributed by atoms with Crippen LogP contribution in [-0.2, 0) is 4.79 Å². The molecule has 2 fully saturated rings. The van der Waals surface area contributed by atoms with Gasteiger partial charge < -0.3 is 15.0 Å². The molecule has 2 aliphatic heterocycles. The number of nitrogens with one attached hydrogen (secondary N) is 1. The lowest BCUT2D eigenvalue weighted by Gasteiger charge is -2.37. The van der Waals surface area contributed by atoms with E-state index in [0.29, 0.717) is 18.6 Å². The molecule has 2 heterocycles. The van der Waals surface area contributed by atoms with Gasteiger partial charge in [-0.1, -0.05) is 25.1 Å². The summed E-state index contributed by atoms with van der Waals surface area (Å²) in [5.74, 6) is 1.02. The Balaban J connectivity index is 1.49. The number of carbonyl (C=O) groups excluding carboxylic acids is 1. The summed E-state index contributed by atoms with van der Waals surface area (Å²) >= 11 is 0. The van der Waals surface area contributed by atoms with Crippen molar-refractivity contribution in [1.82, 2.24) is 15.1 Å². The summed E-state index contributed by atoms with van der Waals surface area (Å²) < 4.78 is 5.68. The number of piperidine rings is 1. The number of hydrogen-bond acceptors (Lipinski definition) is 4. The number of amides is 1. The summed E-state index contributed by atoms with van der Waals surface area (Å²) in [7, 11) is 2.20. The monoisotopic (exact) mass is 359 g/mol. The molecule has 1 aromatic rings. The molecule has 1 spiro atoms. The van der Waals surface area contributed by atoms with Crippen LogP contribution in [0.5, 0.6) is 5.75 Å². The lowest BCUT2D eigenvalue weighted by molar-refractivity contribution is -0.125. The molecule has 0 bridgehead atoms. The van der Waals surface area contributed by atoms with Gasteiger partial charge in [-0.15, -0.1) is 0 Å². The van der Waals surface area contributed by atoms with Gasteiger partial charge in [0.2, 0.25) is 5.91 Å². The molecule has 2 saturated heterocycles. The highest BCUT2D eigenvalue weighted by Gasteiger charge is 2.47. The predicted octanol–water partition coefficient (Wildman–Crippen LogP) is 2.38. The number of para-hydroxylation sites is 1. The van der Waals surface area contributed by atoms with Crippen LogP contribution in [0.2, 0.25) is 0 Å². The lowest BCUT2D eigenvalue weighted by Crippen LogP contribution is -2.44. The maximum absolute atomic E-state index is 12.8. The summed E-state index contributed by atoms with van der Waals surface area (Å²) in [5.41, 5.74) is 0.338. The summed E-state index contributed by atoms with van der Waals surface area (Å²) in [6, 6.07) is 9.77. The van der Waals surface area contributed by atoms with Crippen LogP contribution in [-0.4, -0.2) is 68.1 Å². The van der Waals surface area contributed by atoms with Crippen molar-refractivity contribution >= 4 is 5.91 Å². The zero-order chi connectivity index (χ0) is 18.4. The van der Waals surface area contributed by atoms with Gasteiger partial charge in [0.05, 0.1) is 12.6 Å². The Morgan fingerprint density at radius 1 is 1.27 bits per heavy atom. The standard InChI is InChI=1S/C21H33N3O2/c1-3-12-24-17-21(9-13-23(2)14-10-21)16-19(24)20(25)22-11-15-26-18-7-5-4-6-8-18/h4-8,19H,3,9-17H2,1-2H3,(H,22,25)/t19-/m0/s1. The van der Waals surface area contributed by atoms with Crippen molar-refractivity contribution < 1.29 is 9.53 Å². The molecule has 144 valence electrons. The molecule has 1 atom stereocenters. The Bertz CT molecular complexity index is 570. The van der Waals surface area contributed by atoms with E-state index in [2.05, 4.69) is 29.1 Å². The first kappa shape index (κ1) is 19.2. The van der Waals surface area contributed by atoms with E-state index in [9.17, 15) is 4.79 Å². The van der Waals surface area contributed by atoms with Crippen LogP contribution < -0.4 is 10.1 Å². The summed E-state index contributed by atoms with van der Waals surface area (Å²) in [6.07, 6.45) is 4.53. The minimum atomic E-state index is 0.0232. The van der Waals surface area contributed by atoms with Gasteiger partial charge in [0.15, 0.2) is 0 Å². The van der Waals surface area contributed by atoms with Gasteiger partial charge in [-0.2, -0.15) is 0 Å². The first-order valence-corrected chi connectivity index (χ1v) is 10.00. The molecule has 0 aromatic heterocycles. The molecule has 3 rings (SSSR count). The van der Waals surface area contributed by atoms with Crippen LogP contribution in [0.3, 0.4) is 0 Å². The van der Waals surface area contributed by atoms with E-state index in [4.69, 9.17) is 4.74 Å². The molecule has 1 N–H and O–H groups in total. The number of carbonyl (C=O) groups is 1. The fourth-order valence-corrected chi connectivity index (χ4v) is 4.36. The molecule has 0 radical (unpaired) electrons. The van der Waals surface area contributed by atoms with Crippen LogP contribution in [0.4, 0.5) is 0 Å². The van der Waals surface area contributed by atoms with E-state index in [1.807, 2.05) is 30.3 Å². The van der Waals surface area contributed by atoms with Crippen molar-refractivity contribution in [2.24, 2.45) is 5.41 Å². The molecule has 2 aliphatic rings. The fourth-order valence-electron chi connectivity index (χ4n) is 4.36. The first-order chi connectivity index (χ1) is 12.6. The van der Waals surface area contributed by atoms with Crippen molar-refractivity contribution in [3.8, 4) is 5.75 Å². The van der Waals surface area contributed by atoms with E-state index in [1.165, 1.54) is 12.8 Å². The highest BCUT2D eigenvalue weighted by Crippen LogP contribution is 2.43. The zero-order valence-corrected chi connectivity index (χ0v) is 16.2. The third kappa shape index (κ3) is 4.77. The van der Waals surface area contributed by atoms with E-state index in [1.54, 1.807) is 0 Å². The van der Waals surface area contributed by atoms with Crippen molar-refractivity contribution in [2.75, 3.05) is 46.4 Å². The third-order valence-electron chi connectivity index (χ3n) is 5.88. The predicted molar refractivity (Wildman–Crippen MR) is 104 cm³/mol. The Kier molecular flexibility index (Phi) is 6.54. The molecule has 26 heavy (non-hydrogen) atoms. The molecule has 1 aromatic carbocycles. The van der Waals surface area contributed by atoms with Gasteiger partial charge in [0.1, 0.15) is 12.4 Å². The second-order valence-corrected chi connectivity index (χ2v) is 7.95. The maximum atomic E-state index is 12.8. The molecular formula is C21H33N3O2. The fraction of sp³-hybridized carbons (Fsp3) is 0.667. The number of nitrogens with zero attached hydrogens (tertiary/aromatic N) is 2. The number of rotatable bonds is 7. The van der Waals surface area contributed by atoms with E-state index < -0.39 is 0 Å². The van der Waals surface area contributed by atoms with E-state index in [0.717, 1.165) is 44.8 Å². The minimum absolute atomic E-state index is 0.0232. The number of likely N-dealkylation sites (tertiary alicyclic amines) is 2. The average Bonchev–Trinajstić information content (AvgIpc) is 3.01. The smallest absolute Gasteiger partial charge is 0.237 e. The lowest BCUT2D eigenvalue weighted by atomic mass is 9.76. The van der Waals surface area contributed by atoms with Gasteiger partial charge in [0.25, 0.3) is 0 Å². The largest absolute Gasteiger partial charge is 0.492 e. The molecule has 0 unspecified atom stereocenters. The highest BCUT2D eigenvalue weighted by atomic mass is 16.5. The van der Waals surface area contributed by atoms with Gasteiger partial charge in [-0.25, -0.2) is 0 Å². The summed E-state index contributed by atoms with van der Waals surface area (Å²) in [6.45, 7) is 7.65. The second-order valence-electron chi connectivity index (χ2n) is 7.95. The maximum Gasteiger partial charge on any atom is 0.237 e. The number of hydrogen-bond donors (Lipinski definition) is 1. The molecule has 5 nitrogen and oxygen atoms in total. The number of ether oxygens (including phenoxy) is 1. The van der Waals surface area contributed by atoms with Crippen LogP contribution in [0.25, 0.3) is 0 Å². The van der Waals surface area contributed by atoms with Crippen molar-refractivity contribution in [2.45, 2.75) is 38.6 Å². The molecule has 0 saturated carbocycles. The third-order valence-corrected chi connectivity index (χ3v) is 5.88. The minimum Gasteiger partial charge on any atom is -0.492 e. The summed E-state index contributed by atoms with van der Waals surface area (Å²) in [4.78, 5) is 17.6. The van der Waals surface area contributed by atoms with Gasteiger partial charge >= 0.3 is 0 Å². The Hall–Kier alpha value is -1.59. The van der Waals surface area contributed by atoms with Crippen LogP contribution in [0, 0.1) is 5.41 Å². The van der Waals surface area contributed by atoms with E-state index >= 15 is 0 Å². The topological polar surface area (TPSA) is 44.8 Å². The molecule has 0 aliphatic carbocycles. The molecular weight excluding hydrogens is 326 g/mol. The van der Waals surface area contributed by atoms with Crippen LogP contribution >= 0.6 is 0 Å². The highest BCUT2D eigenvalue weighted by molar-refractivity contribution is 5.82. The Labute approximate surface area is 157 Å².